The Morgan fingerprint density at radius 2 is 2.05 bits per heavy atom. The lowest BCUT2D eigenvalue weighted by Gasteiger charge is -2.34. The van der Waals surface area contributed by atoms with E-state index in [1.54, 1.807) is 0 Å². The van der Waals surface area contributed by atoms with Crippen LogP contribution in [0.25, 0.3) is 0 Å². The third-order valence-corrected chi connectivity index (χ3v) is 4.51. The number of imide groups is 1. The summed E-state index contributed by atoms with van der Waals surface area (Å²) < 4.78 is 0. The number of aryl methyl sites for hydroxylation is 1. The maximum Gasteiger partial charge on any atom is 0.251 e. The molecule has 0 aromatic heterocycles. The molecule has 4 heteroatoms. The van der Waals surface area contributed by atoms with Gasteiger partial charge in [0.15, 0.2) is 0 Å². The molecule has 4 nitrogen and oxygen atoms in total. The maximum atomic E-state index is 12.7. The van der Waals surface area contributed by atoms with Crippen molar-refractivity contribution in [3.05, 3.63) is 29.8 Å². The third kappa shape index (κ3) is 2.72. The first-order chi connectivity index (χ1) is 10.1. The summed E-state index contributed by atoms with van der Waals surface area (Å²) >= 11 is 0. The van der Waals surface area contributed by atoms with E-state index in [1.165, 1.54) is 11.3 Å². The van der Waals surface area contributed by atoms with Gasteiger partial charge in [0.05, 0.1) is 18.2 Å². The zero-order valence-corrected chi connectivity index (χ0v) is 12.7. The second kappa shape index (κ2) is 5.60. The lowest BCUT2D eigenvalue weighted by molar-refractivity contribution is -0.123. The molecule has 2 aliphatic rings. The molecule has 112 valence electrons. The molecule has 2 heterocycles. The minimum absolute atomic E-state index is 0.0558. The standard InChI is InChI=1S/C17H22N2O2/c1-12-5-3-7-14(9-12)19-16(20)10-15(17(19)21)18-8-4-6-13(2)11-18/h3,5,7,9,13,15H,4,6,8,10-11H2,1-2H3/t13-,15+/m0/s1. The zero-order chi connectivity index (χ0) is 15.0. The van der Waals surface area contributed by atoms with Crippen LogP contribution in [-0.2, 0) is 9.59 Å². The SMILES string of the molecule is Cc1cccc(N2C(=O)C[C@@H](N3CCC[C@H](C)C3)C2=O)c1. The number of piperidine rings is 1. The number of carbonyl (C=O) groups is 2. The molecule has 0 spiro atoms. The van der Waals surface area contributed by atoms with E-state index in [0.717, 1.165) is 25.1 Å². The van der Waals surface area contributed by atoms with Crippen molar-refractivity contribution >= 4 is 17.5 Å². The van der Waals surface area contributed by atoms with Gasteiger partial charge in [-0.05, 0) is 49.9 Å². The second-order valence-electron chi connectivity index (χ2n) is 6.37. The molecule has 2 amide bonds. The number of benzene rings is 1. The first-order valence-corrected chi connectivity index (χ1v) is 7.74. The molecule has 21 heavy (non-hydrogen) atoms. The van der Waals surface area contributed by atoms with Gasteiger partial charge in [0.2, 0.25) is 5.91 Å². The average Bonchev–Trinajstić information content (AvgIpc) is 2.74. The van der Waals surface area contributed by atoms with Gasteiger partial charge in [-0.25, -0.2) is 4.90 Å². The van der Waals surface area contributed by atoms with Gasteiger partial charge in [0, 0.05) is 6.54 Å². The van der Waals surface area contributed by atoms with Crippen molar-refractivity contribution in [2.75, 3.05) is 18.0 Å². The lowest BCUT2D eigenvalue weighted by Crippen LogP contribution is -2.46. The summed E-state index contributed by atoms with van der Waals surface area (Å²) in [4.78, 5) is 28.6. The first kappa shape index (κ1) is 14.3. The monoisotopic (exact) mass is 286 g/mol. The molecule has 1 aromatic rings. The molecule has 2 fully saturated rings. The summed E-state index contributed by atoms with van der Waals surface area (Å²) in [5.74, 6) is 0.475. The number of hydrogen-bond acceptors (Lipinski definition) is 3. The molecule has 2 atom stereocenters. The van der Waals surface area contributed by atoms with E-state index >= 15 is 0 Å². The van der Waals surface area contributed by atoms with Crippen LogP contribution in [-0.4, -0.2) is 35.8 Å². The van der Waals surface area contributed by atoms with Gasteiger partial charge in [-0.2, -0.15) is 0 Å². The Bertz CT molecular complexity index is 570. The molecular formula is C17H22N2O2. The zero-order valence-electron chi connectivity index (χ0n) is 12.7. The highest BCUT2D eigenvalue weighted by molar-refractivity contribution is 6.22. The van der Waals surface area contributed by atoms with Gasteiger partial charge in [-0.1, -0.05) is 19.1 Å². The van der Waals surface area contributed by atoms with Gasteiger partial charge in [0.25, 0.3) is 5.91 Å². The normalized spacial score (nSPS) is 27.4. The minimum Gasteiger partial charge on any atom is -0.291 e. The van der Waals surface area contributed by atoms with Gasteiger partial charge in [-0.3, -0.25) is 14.5 Å². The summed E-state index contributed by atoms with van der Waals surface area (Å²) in [5.41, 5.74) is 1.76. The summed E-state index contributed by atoms with van der Waals surface area (Å²) in [6.45, 7) is 6.03. The van der Waals surface area contributed by atoms with Crippen LogP contribution in [0.15, 0.2) is 24.3 Å². The molecule has 2 saturated heterocycles. The highest BCUT2D eigenvalue weighted by Gasteiger charge is 2.43. The van der Waals surface area contributed by atoms with Crippen LogP contribution in [0, 0.1) is 12.8 Å². The smallest absolute Gasteiger partial charge is 0.251 e. The van der Waals surface area contributed by atoms with E-state index in [1.807, 2.05) is 31.2 Å². The van der Waals surface area contributed by atoms with Crippen molar-refractivity contribution < 1.29 is 9.59 Å². The number of rotatable bonds is 2. The van der Waals surface area contributed by atoms with E-state index in [9.17, 15) is 9.59 Å². The van der Waals surface area contributed by atoms with Crippen molar-refractivity contribution in [3.63, 3.8) is 0 Å². The molecule has 0 radical (unpaired) electrons. The summed E-state index contributed by atoms with van der Waals surface area (Å²) in [6, 6.07) is 7.33. The van der Waals surface area contributed by atoms with E-state index in [4.69, 9.17) is 0 Å². The number of hydrogen-bond donors (Lipinski definition) is 0. The molecule has 2 aliphatic heterocycles. The molecule has 0 unspecified atom stereocenters. The Morgan fingerprint density at radius 3 is 2.76 bits per heavy atom. The van der Waals surface area contributed by atoms with Crippen LogP contribution in [0.3, 0.4) is 0 Å². The minimum atomic E-state index is -0.263. The number of nitrogens with zero attached hydrogens (tertiary/aromatic N) is 2. The predicted molar refractivity (Wildman–Crippen MR) is 82.0 cm³/mol. The van der Waals surface area contributed by atoms with Crippen LogP contribution in [0.1, 0.15) is 31.7 Å². The van der Waals surface area contributed by atoms with Crippen molar-refractivity contribution in [2.24, 2.45) is 5.92 Å². The van der Waals surface area contributed by atoms with Crippen molar-refractivity contribution in [3.8, 4) is 0 Å². The third-order valence-electron chi connectivity index (χ3n) is 4.51. The maximum absolute atomic E-state index is 12.7. The molecule has 0 bridgehead atoms. The van der Waals surface area contributed by atoms with Crippen molar-refractivity contribution in [1.29, 1.82) is 0 Å². The topological polar surface area (TPSA) is 40.6 Å². The van der Waals surface area contributed by atoms with Gasteiger partial charge in [0.1, 0.15) is 0 Å². The average molecular weight is 286 g/mol. The Balaban J connectivity index is 1.82. The van der Waals surface area contributed by atoms with E-state index in [2.05, 4.69) is 11.8 Å². The quantitative estimate of drug-likeness (QED) is 0.784. The fraction of sp³-hybridized carbons (Fsp3) is 0.529. The van der Waals surface area contributed by atoms with Gasteiger partial charge >= 0.3 is 0 Å². The number of carbonyl (C=O) groups excluding carboxylic acids is 2. The van der Waals surface area contributed by atoms with Gasteiger partial charge in [-0.15, -0.1) is 0 Å². The highest BCUT2D eigenvalue weighted by atomic mass is 16.2. The van der Waals surface area contributed by atoms with Crippen LogP contribution >= 0.6 is 0 Å². The highest BCUT2D eigenvalue weighted by Crippen LogP contribution is 2.28. The largest absolute Gasteiger partial charge is 0.291 e. The number of amides is 2. The van der Waals surface area contributed by atoms with E-state index < -0.39 is 0 Å². The van der Waals surface area contributed by atoms with Gasteiger partial charge < -0.3 is 0 Å². The van der Waals surface area contributed by atoms with Crippen LogP contribution < -0.4 is 4.90 Å². The number of anilines is 1. The number of likely N-dealkylation sites (tertiary alicyclic amines) is 1. The molecule has 0 saturated carbocycles. The summed E-state index contributed by atoms with van der Waals surface area (Å²) in [5, 5.41) is 0. The predicted octanol–water partition coefficient (Wildman–Crippen LogP) is 2.36. The lowest BCUT2D eigenvalue weighted by atomic mass is 9.98. The fourth-order valence-electron chi connectivity index (χ4n) is 3.45. The second-order valence-corrected chi connectivity index (χ2v) is 6.37. The molecule has 1 aromatic carbocycles. The Kier molecular flexibility index (Phi) is 3.81. The molecule has 0 aliphatic carbocycles. The van der Waals surface area contributed by atoms with E-state index in [-0.39, 0.29) is 17.9 Å². The van der Waals surface area contributed by atoms with Crippen LogP contribution in [0.5, 0.6) is 0 Å². The van der Waals surface area contributed by atoms with E-state index in [0.29, 0.717) is 18.0 Å². The van der Waals surface area contributed by atoms with Crippen LogP contribution in [0.2, 0.25) is 0 Å². The summed E-state index contributed by atoms with van der Waals surface area (Å²) in [6.07, 6.45) is 2.65. The van der Waals surface area contributed by atoms with Crippen LogP contribution in [0.4, 0.5) is 5.69 Å². The van der Waals surface area contributed by atoms with Crippen molar-refractivity contribution in [2.45, 2.75) is 39.2 Å². The Labute approximate surface area is 125 Å². The molecule has 3 rings (SSSR count). The molecular weight excluding hydrogens is 264 g/mol. The van der Waals surface area contributed by atoms with Crippen molar-refractivity contribution in [1.82, 2.24) is 4.90 Å². The Hall–Kier alpha value is -1.68. The summed E-state index contributed by atoms with van der Waals surface area (Å²) in [7, 11) is 0. The Morgan fingerprint density at radius 1 is 1.24 bits per heavy atom. The fourth-order valence-corrected chi connectivity index (χ4v) is 3.45. The first-order valence-electron chi connectivity index (χ1n) is 7.74. The molecule has 0 N–H and O–H groups in total.